The lowest BCUT2D eigenvalue weighted by Crippen LogP contribution is -2.14. The van der Waals surface area contributed by atoms with Crippen molar-refractivity contribution in [3.8, 4) is 0 Å². The number of halogens is 1. The number of nitrogens with one attached hydrogen (secondary N) is 1. The summed E-state index contributed by atoms with van der Waals surface area (Å²) in [7, 11) is 0. The number of nitrogens with zero attached hydrogens (tertiary/aromatic N) is 3. The van der Waals surface area contributed by atoms with Crippen molar-refractivity contribution in [3.05, 3.63) is 46.3 Å². The van der Waals surface area contributed by atoms with Gasteiger partial charge in [-0.3, -0.25) is 4.79 Å². The molecule has 0 aliphatic heterocycles. The summed E-state index contributed by atoms with van der Waals surface area (Å²) < 4.78 is 0.874. The summed E-state index contributed by atoms with van der Waals surface area (Å²) in [4.78, 5) is 15.9. The molecule has 0 aromatic carbocycles. The molecule has 2 aromatic rings. The summed E-state index contributed by atoms with van der Waals surface area (Å²) in [6.07, 6.45) is 4.51. The second kappa shape index (κ2) is 5.01. The van der Waals surface area contributed by atoms with Gasteiger partial charge < -0.3 is 5.32 Å². The summed E-state index contributed by atoms with van der Waals surface area (Å²) in [5.41, 5.74) is 1.33. The Balaban J connectivity index is 2.19. The maximum atomic E-state index is 11.8. The van der Waals surface area contributed by atoms with Crippen LogP contribution in [0.1, 0.15) is 15.9 Å². The molecule has 2 aromatic heterocycles. The molecular weight excluding hydrogens is 284 g/mol. The topological polar surface area (TPSA) is 67.8 Å². The first-order chi connectivity index (χ1) is 8.16. The minimum absolute atomic E-state index is 0.252. The number of carbonyl (C=O) groups excluding carboxylic acids is 1. The van der Waals surface area contributed by atoms with Crippen molar-refractivity contribution >= 4 is 27.7 Å². The smallest absolute Gasteiger partial charge is 0.258 e. The highest BCUT2D eigenvalue weighted by Crippen LogP contribution is 2.17. The van der Waals surface area contributed by atoms with Gasteiger partial charge in [-0.05, 0) is 40.5 Å². The number of hydrogen-bond acceptors (Lipinski definition) is 4. The fourth-order valence-electron chi connectivity index (χ4n) is 1.28. The van der Waals surface area contributed by atoms with Crippen LogP contribution in [0.15, 0.2) is 35.2 Å². The third-order valence-electron chi connectivity index (χ3n) is 2.12. The maximum Gasteiger partial charge on any atom is 0.258 e. The lowest BCUT2D eigenvalue weighted by atomic mass is 10.2. The van der Waals surface area contributed by atoms with E-state index in [4.69, 9.17) is 0 Å². The Morgan fingerprint density at radius 2 is 2.18 bits per heavy atom. The molecule has 1 N–H and O–H groups in total. The summed E-state index contributed by atoms with van der Waals surface area (Å²) in [5.74, 6) is 0.285. The molecule has 6 heteroatoms. The Kier molecular flexibility index (Phi) is 3.43. The lowest BCUT2D eigenvalue weighted by molar-refractivity contribution is 0.102. The molecule has 0 aliphatic carbocycles. The van der Waals surface area contributed by atoms with Crippen molar-refractivity contribution in [2.24, 2.45) is 0 Å². The molecule has 0 atom stereocenters. The van der Waals surface area contributed by atoms with Gasteiger partial charge in [-0.1, -0.05) is 0 Å². The van der Waals surface area contributed by atoms with E-state index in [-0.39, 0.29) is 5.91 Å². The van der Waals surface area contributed by atoms with Gasteiger partial charge in [0.05, 0.1) is 18.0 Å². The molecule has 0 saturated carbocycles. The molecule has 0 fully saturated rings. The van der Waals surface area contributed by atoms with Crippen LogP contribution in [0.5, 0.6) is 0 Å². The second-order valence-corrected chi connectivity index (χ2v) is 4.32. The predicted molar refractivity (Wildman–Crippen MR) is 66.7 cm³/mol. The van der Waals surface area contributed by atoms with Crippen LogP contribution in [0.2, 0.25) is 0 Å². The first-order valence-electron chi connectivity index (χ1n) is 4.87. The summed E-state index contributed by atoms with van der Waals surface area (Å²) in [6.45, 7) is 1.87. The quantitative estimate of drug-likeness (QED) is 0.921. The van der Waals surface area contributed by atoms with E-state index in [1.165, 1.54) is 12.4 Å². The molecule has 0 saturated heterocycles. The van der Waals surface area contributed by atoms with Crippen LogP contribution < -0.4 is 5.32 Å². The predicted octanol–water partition coefficient (Wildman–Crippen LogP) is 2.19. The van der Waals surface area contributed by atoms with E-state index in [0.717, 1.165) is 10.0 Å². The third-order valence-corrected chi connectivity index (χ3v) is 2.56. The zero-order valence-electron chi connectivity index (χ0n) is 9.01. The van der Waals surface area contributed by atoms with Crippen molar-refractivity contribution in [1.29, 1.82) is 0 Å². The van der Waals surface area contributed by atoms with Gasteiger partial charge in [-0.15, -0.1) is 0 Å². The molecule has 0 radical (unpaired) electrons. The molecule has 2 rings (SSSR count). The van der Waals surface area contributed by atoms with Crippen LogP contribution in [-0.2, 0) is 0 Å². The van der Waals surface area contributed by atoms with Crippen molar-refractivity contribution in [2.75, 3.05) is 5.32 Å². The Morgan fingerprint density at radius 3 is 2.82 bits per heavy atom. The molecule has 0 aliphatic rings. The number of aromatic nitrogens is 3. The van der Waals surface area contributed by atoms with Gasteiger partial charge in [0.2, 0.25) is 0 Å². The number of hydrogen-bond donors (Lipinski definition) is 1. The maximum absolute atomic E-state index is 11.8. The SMILES string of the molecule is Cc1cc(Br)cnc1NC(=O)c1ccnnc1. The van der Waals surface area contributed by atoms with Crippen molar-refractivity contribution in [2.45, 2.75) is 6.92 Å². The number of pyridine rings is 1. The van der Waals surface area contributed by atoms with Gasteiger partial charge in [0.25, 0.3) is 5.91 Å². The van der Waals surface area contributed by atoms with E-state index in [0.29, 0.717) is 11.4 Å². The van der Waals surface area contributed by atoms with Gasteiger partial charge in [0, 0.05) is 10.7 Å². The van der Waals surface area contributed by atoms with Crippen LogP contribution >= 0.6 is 15.9 Å². The first-order valence-corrected chi connectivity index (χ1v) is 5.66. The van der Waals surface area contributed by atoms with E-state index >= 15 is 0 Å². The molecule has 17 heavy (non-hydrogen) atoms. The van der Waals surface area contributed by atoms with Crippen molar-refractivity contribution in [1.82, 2.24) is 15.2 Å². The van der Waals surface area contributed by atoms with E-state index in [1.807, 2.05) is 13.0 Å². The molecular formula is C11H9BrN4O. The Morgan fingerprint density at radius 1 is 1.35 bits per heavy atom. The zero-order chi connectivity index (χ0) is 12.3. The van der Waals surface area contributed by atoms with E-state index < -0.39 is 0 Å². The number of carbonyl (C=O) groups is 1. The van der Waals surface area contributed by atoms with Gasteiger partial charge in [0.15, 0.2) is 0 Å². The summed E-state index contributed by atoms with van der Waals surface area (Å²) in [6, 6.07) is 3.48. The van der Waals surface area contributed by atoms with Gasteiger partial charge in [-0.25, -0.2) is 4.98 Å². The average Bonchev–Trinajstić information content (AvgIpc) is 2.34. The second-order valence-electron chi connectivity index (χ2n) is 3.40. The highest BCUT2D eigenvalue weighted by Gasteiger charge is 2.08. The molecule has 1 amide bonds. The van der Waals surface area contributed by atoms with E-state index in [2.05, 4.69) is 36.4 Å². The van der Waals surface area contributed by atoms with Crippen LogP contribution in [0, 0.1) is 6.92 Å². The summed E-state index contributed by atoms with van der Waals surface area (Å²) >= 11 is 3.31. The monoisotopic (exact) mass is 292 g/mol. The zero-order valence-corrected chi connectivity index (χ0v) is 10.6. The van der Waals surface area contributed by atoms with Gasteiger partial charge >= 0.3 is 0 Å². The normalized spacial score (nSPS) is 10.0. The van der Waals surface area contributed by atoms with Crippen molar-refractivity contribution < 1.29 is 4.79 Å². The molecule has 0 spiro atoms. The highest BCUT2D eigenvalue weighted by atomic mass is 79.9. The molecule has 86 valence electrons. The third kappa shape index (κ3) is 2.85. The first kappa shape index (κ1) is 11.7. The fourth-order valence-corrected chi connectivity index (χ4v) is 1.72. The lowest BCUT2D eigenvalue weighted by Gasteiger charge is -2.06. The van der Waals surface area contributed by atoms with Crippen LogP contribution in [-0.4, -0.2) is 21.1 Å². The number of amides is 1. The Bertz CT molecular complexity index is 544. The van der Waals surface area contributed by atoms with Crippen LogP contribution in [0.25, 0.3) is 0 Å². The van der Waals surface area contributed by atoms with E-state index in [9.17, 15) is 4.79 Å². The standard InChI is InChI=1S/C11H9BrN4O/c1-7-4-9(12)6-13-10(7)16-11(17)8-2-3-14-15-5-8/h2-6H,1H3,(H,13,16,17). The molecule has 2 heterocycles. The number of anilines is 1. The minimum Gasteiger partial charge on any atom is -0.306 e. The fraction of sp³-hybridized carbons (Fsp3) is 0.0909. The molecule has 0 unspecified atom stereocenters. The molecule has 0 bridgehead atoms. The Labute approximate surface area is 106 Å². The van der Waals surface area contributed by atoms with Crippen LogP contribution in [0.3, 0.4) is 0 Å². The average molecular weight is 293 g/mol. The Hall–Kier alpha value is -1.82. The van der Waals surface area contributed by atoms with Gasteiger partial charge in [0.1, 0.15) is 5.82 Å². The number of aryl methyl sites for hydroxylation is 1. The van der Waals surface area contributed by atoms with E-state index in [1.54, 1.807) is 12.3 Å². The largest absolute Gasteiger partial charge is 0.306 e. The van der Waals surface area contributed by atoms with Crippen molar-refractivity contribution in [3.63, 3.8) is 0 Å². The van der Waals surface area contributed by atoms with Gasteiger partial charge in [-0.2, -0.15) is 10.2 Å². The van der Waals surface area contributed by atoms with Crippen LogP contribution in [0.4, 0.5) is 5.82 Å². The molecule has 5 nitrogen and oxygen atoms in total. The number of rotatable bonds is 2. The summed E-state index contributed by atoms with van der Waals surface area (Å²) in [5, 5.41) is 9.97. The highest BCUT2D eigenvalue weighted by molar-refractivity contribution is 9.10. The minimum atomic E-state index is -0.252.